The van der Waals surface area contributed by atoms with E-state index in [1.165, 1.54) is 6.07 Å². The Bertz CT molecular complexity index is 1030. The molecule has 2 amide bonds. The first-order valence-electron chi connectivity index (χ1n) is 10.2. The highest BCUT2D eigenvalue weighted by atomic mass is 35.5. The van der Waals surface area contributed by atoms with E-state index in [1.807, 2.05) is 20.8 Å². The minimum Gasteiger partial charge on any atom is -0.491 e. The molecule has 6 nitrogen and oxygen atoms in total. The van der Waals surface area contributed by atoms with Crippen molar-refractivity contribution in [1.82, 2.24) is 0 Å². The smallest absolute Gasteiger partial charge is 0.338 e. The number of carbonyl (C=O) groups is 3. The number of rotatable bonds is 8. The summed E-state index contributed by atoms with van der Waals surface area (Å²) >= 11 is 6.26. The number of halogens is 1. The Balaban J connectivity index is 1.84. The molecule has 0 N–H and O–H groups in total. The van der Waals surface area contributed by atoms with Crippen LogP contribution in [0, 0.1) is 0 Å². The van der Waals surface area contributed by atoms with Gasteiger partial charge in [-0.25, -0.2) is 9.69 Å². The number of carbonyl (C=O) groups excluding carboxylic acids is 3. The van der Waals surface area contributed by atoms with Gasteiger partial charge in [0.05, 0.1) is 29.5 Å². The number of unbranched alkanes of at least 4 members (excludes halogenated alkanes) is 1. The number of anilines is 1. The molecule has 0 fully saturated rings. The molecular weight excluding hydrogens is 418 g/mol. The molecule has 0 aromatic heterocycles. The first-order chi connectivity index (χ1) is 14.8. The number of ether oxygens (including phenoxy) is 2. The first kappa shape index (κ1) is 22.6. The summed E-state index contributed by atoms with van der Waals surface area (Å²) in [5.74, 6) is -1.04. The molecule has 162 valence electrons. The molecule has 0 atom stereocenters. The van der Waals surface area contributed by atoms with Gasteiger partial charge < -0.3 is 9.47 Å². The van der Waals surface area contributed by atoms with Crippen molar-refractivity contribution in [3.05, 3.63) is 64.7 Å². The zero-order valence-corrected chi connectivity index (χ0v) is 18.4. The molecule has 3 rings (SSSR count). The van der Waals surface area contributed by atoms with Crippen LogP contribution in [0.15, 0.2) is 53.6 Å². The summed E-state index contributed by atoms with van der Waals surface area (Å²) in [5.41, 5.74) is 1.14. The summed E-state index contributed by atoms with van der Waals surface area (Å²) in [5, 5.41) is -0.168. The fraction of sp³-hybridized carbons (Fsp3) is 0.292. The van der Waals surface area contributed by atoms with Crippen LogP contribution in [-0.2, 0) is 14.3 Å². The van der Waals surface area contributed by atoms with E-state index in [4.69, 9.17) is 21.1 Å². The second-order valence-corrected chi connectivity index (χ2v) is 7.74. The Hall–Kier alpha value is -3.12. The van der Waals surface area contributed by atoms with E-state index < -0.39 is 17.8 Å². The third-order valence-electron chi connectivity index (χ3n) is 4.61. The van der Waals surface area contributed by atoms with Gasteiger partial charge in [0.25, 0.3) is 11.8 Å². The van der Waals surface area contributed by atoms with E-state index in [0.29, 0.717) is 17.9 Å². The molecular formula is C24H24ClNO5. The fourth-order valence-electron chi connectivity index (χ4n) is 3.12. The quantitative estimate of drug-likeness (QED) is 0.329. The lowest BCUT2D eigenvalue weighted by molar-refractivity contribution is -0.119. The van der Waals surface area contributed by atoms with Crippen molar-refractivity contribution in [2.75, 3.05) is 11.5 Å². The molecule has 2 aromatic rings. The maximum Gasteiger partial charge on any atom is 0.338 e. The van der Waals surface area contributed by atoms with E-state index in [0.717, 1.165) is 17.7 Å². The van der Waals surface area contributed by atoms with Gasteiger partial charge in [0.2, 0.25) is 0 Å². The summed E-state index contributed by atoms with van der Waals surface area (Å²) in [6, 6.07) is 13.0. The molecule has 1 aliphatic rings. The number of hydrogen-bond donors (Lipinski definition) is 0. The zero-order chi connectivity index (χ0) is 22.5. The topological polar surface area (TPSA) is 72.9 Å². The van der Waals surface area contributed by atoms with Gasteiger partial charge in [-0.05, 0) is 56.2 Å². The third kappa shape index (κ3) is 4.97. The Kier molecular flexibility index (Phi) is 7.13. The molecule has 1 aliphatic heterocycles. The SMILES string of the molecule is CCCCOC(=O)c1cccc(N2C(=O)C(Cl)=C(c3ccc(OC(C)C)cc3)C2=O)c1. The molecule has 31 heavy (non-hydrogen) atoms. The lowest BCUT2D eigenvalue weighted by Crippen LogP contribution is -2.31. The molecule has 0 aliphatic carbocycles. The highest BCUT2D eigenvalue weighted by Crippen LogP contribution is 2.35. The molecule has 0 unspecified atom stereocenters. The minimum absolute atomic E-state index is 0.0137. The monoisotopic (exact) mass is 441 g/mol. The number of imide groups is 1. The Morgan fingerprint density at radius 3 is 2.42 bits per heavy atom. The number of esters is 1. The second-order valence-electron chi connectivity index (χ2n) is 7.37. The summed E-state index contributed by atoms with van der Waals surface area (Å²) in [6.07, 6.45) is 1.68. The maximum atomic E-state index is 13.1. The highest BCUT2D eigenvalue weighted by Gasteiger charge is 2.39. The average Bonchev–Trinajstić information content (AvgIpc) is 2.97. The Morgan fingerprint density at radius 1 is 1.06 bits per heavy atom. The second kappa shape index (κ2) is 9.79. The van der Waals surface area contributed by atoms with Crippen molar-refractivity contribution >= 4 is 40.6 Å². The summed E-state index contributed by atoms with van der Waals surface area (Å²) in [6.45, 7) is 6.14. The largest absolute Gasteiger partial charge is 0.491 e. The normalized spacial score (nSPS) is 13.9. The van der Waals surface area contributed by atoms with Gasteiger partial charge >= 0.3 is 5.97 Å². The van der Waals surface area contributed by atoms with Crippen LogP contribution in [0.4, 0.5) is 5.69 Å². The van der Waals surface area contributed by atoms with Gasteiger partial charge in [0, 0.05) is 0 Å². The van der Waals surface area contributed by atoms with Gasteiger partial charge in [0.15, 0.2) is 0 Å². The summed E-state index contributed by atoms with van der Waals surface area (Å²) in [4.78, 5) is 39.1. The summed E-state index contributed by atoms with van der Waals surface area (Å²) < 4.78 is 10.8. The van der Waals surface area contributed by atoms with Gasteiger partial charge in [-0.3, -0.25) is 9.59 Å². The minimum atomic E-state index is -0.638. The van der Waals surface area contributed by atoms with Crippen LogP contribution in [0.2, 0.25) is 0 Å². The lowest BCUT2D eigenvalue weighted by Gasteiger charge is -2.16. The van der Waals surface area contributed by atoms with Crippen molar-refractivity contribution < 1.29 is 23.9 Å². The van der Waals surface area contributed by atoms with Crippen LogP contribution >= 0.6 is 11.6 Å². The van der Waals surface area contributed by atoms with E-state index in [9.17, 15) is 14.4 Å². The third-order valence-corrected chi connectivity index (χ3v) is 4.96. The van der Waals surface area contributed by atoms with Crippen LogP contribution in [0.5, 0.6) is 5.75 Å². The highest BCUT2D eigenvalue weighted by molar-refractivity contribution is 6.60. The van der Waals surface area contributed by atoms with Gasteiger partial charge in [-0.1, -0.05) is 43.1 Å². The van der Waals surface area contributed by atoms with Crippen molar-refractivity contribution in [2.45, 2.75) is 39.7 Å². The van der Waals surface area contributed by atoms with Crippen LogP contribution < -0.4 is 9.64 Å². The Labute approximate surface area is 186 Å². The number of benzene rings is 2. The number of hydrogen-bond acceptors (Lipinski definition) is 5. The lowest BCUT2D eigenvalue weighted by atomic mass is 10.1. The van der Waals surface area contributed by atoms with E-state index in [2.05, 4.69) is 0 Å². The van der Waals surface area contributed by atoms with E-state index >= 15 is 0 Å². The van der Waals surface area contributed by atoms with Gasteiger partial charge in [-0.15, -0.1) is 0 Å². The molecule has 1 heterocycles. The van der Waals surface area contributed by atoms with Gasteiger partial charge in [-0.2, -0.15) is 0 Å². The molecule has 0 saturated heterocycles. The Morgan fingerprint density at radius 2 is 1.77 bits per heavy atom. The molecule has 0 radical (unpaired) electrons. The van der Waals surface area contributed by atoms with E-state index in [-0.39, 0.29) is 28.0 Å². The molecule has 0 bridgehead atoms. The zero-order valence-electron chi connectivity index (χ0n) is 17.7. The van der Waals surface area contributed by atoms with Crippen molar-refractivity contribution in [3.8, 4) is 5.75 Å². The number of nitrogens with zero attached hydrogens (tertiary/aromatic N) is 1. The predicted molar refractivity (Wildman–Crippen MR) is 119 cm³/mol. The van der Waals surface area contributed by atoms with E-state index in [1.54, 1.807) is 42.5 Å². The van der Waals surface area contributed by atoms with Crippen LogP contribution in [0.3, 0.4) is 0 Å². The van der Waals surface area contributed by atoms with Crippen LogP contribution in [-0.4, -0.2) is 30.5 Å². The van der Waals surface area contributed by atoms with Crippen molar-refractivity contribution in [1.29, 1.82) is 0 Å². The molecule has 2 aromatic carbocycles. The molecule has 0 spiro atoms. The molecule has 7 heteroatoms. The maximum absolute atomic E-state index is 13.1. The fourth-order valence-corrected chi connectivity index (χ4v) is 3.40. The van der Waals surface area contributed by atoms with Gasteiger partial charge in [0.1, 0.15) is 10.8 Å². The number of amides is 2. The molecule has 0 saturated carbocycles. The van der Waals surface area contributed by atoms with Crippen LogP contribution in [0.25, 0.3) is 5.57 Å². The van der Waals surface area contributed by atoms with Crippen molar-refractivity contribution in [2.24, 2.45) is 0 Å². The predicted octanol–water partition coefficient (Wildman–Crippen LogP) is 4.95. The van der Waals surface area contributed by atoms with Crippen LogP contribution in [0.1, 0.15) is 49.5 Å². The van der Waals surface area contributed by atoms with Crippen molar-refractivity contribution in [3.63, 3.8) is 0 Å². The standard InChI is InChI=1S/C24H24ClNO5/c1-4-5-13-30-24(29)17-7-6-8-18(14-17)26-22(27)20(21(25)23(26)28)16-9-11-19(12-10-16)31-15(2)3/h6-12,14-15H,4-5,13H2,1-3H3. The first-order valence-corrected chi connectivity index (χ1v) is 10.5. The average molecular weight is 442 g/mol. The summed E-state index contributed by atoms with van der Waals surface area (Å²) in [7, 11) is 0.